The lowest BCUT2D eigenvalue weighted by Crippen LogP contribution is -2.00. The minimum atomic E-state index is 0.642. The van der Waals surface area contributed by atoms with Crippen LogP contribution in [-0.4, -0.2) is 19.5 Å². The molecule has 0 aliphatic carbocycles. The van der Waals surface area contributed by atoms with Crippen molar-refractivity contribution in [2.45, 2.75) is 0 Å². The number of rotatable bonds is 4. The fourth-order valence-electron chi connectivity index (χ4n) is 8.77. The Kier molecular flexibility index (Phi) is 6.76. The normalized spacial score (nSPS) is 11.9. The van der Waals surface area contributed by atoms with Gasteiger partial charge in [-0.3, -0.25) is 0 Å². The van der Waals surface area contributed by atoms with Crippen molar-refractivity contribution in [2.75, 3.05) is 0 Å². The van der Waals surface area contributed by atoms with E-state index in [1.54, 1.807) is 0 Å². The van der Waals surface area contributed by atoms with Crippen LogP contribution < -0.4 is 0 Å². The Balaban J connectivity index is 1.15. The van der Waals surface area contributed by atoms with Gasteiger partial charge in [-0.2, -0.15) is 0 Å². The SMILES string of the molecule is c1ccc(-c2nc(-c3ccccc3)nc(-c3ccc(-n4c5ccccc5c5c6ccccc6c6c(sc7c8ccccc8c8ccccc8c76)c54)cc3)n2)cc1. The minimum Gasteiger partial charge on any atom is -0.308 e. The molecule has 0 saturated carbocycles. The molecule has 0 aliphatic rings. The number of fused-ring (bicyclic) bond motifs is 15. The molecule has 0 N–H and O–H groups in total. The second kappa shape index (κ2) is 12.2. The lowest BCUT2D eigenvalue weighted by molar-refractivity contribution is 1.07. The van der Waals surface area contributed by atoms with Crippen LogP contribution >= 0.6 is 11.3 Å². The lowest BCUT2D eigenvalue weighted by Gasteiger charge is -2.12. The molecule has 0 unspecified atom stereocenters. The molecule has 4 nitrogen and oxygen atoms in total. The van der Waals surface area contributed by atoms with Gasteiger partial charge in [0.2, 0.25) is 0 Å². The van der Waals surface area contributed by atoms with Gasteiger partial charge >= 0.3 is 0 Å². The Bertz CT molecular complexity index is 3450. The third-order valence-electron chi connectivity index (χ3n) is 11.2. The van der Waals surface area contributed by atoms with Crippen LogP contribution in [0.4, 0.5) is 0 Å². The summed E-state index contributed by atoms with van der Waals surface area (Å²) in [4.78, 5) is 14.9. The van der Waals surface area contributed by atoms with Crippen molar-refractivity contribution in [1.82, 2.24) is 19.5 Å². The van der Waals surface area contributed by atoms with E-state index in [4.69, 9.17) is 15.0 Å². The van der Waals surface area contributed by atoms with Gasteiger partial charge in [0.15, 0.2) is 17.5 Å². The van der Waals surface area contributed by atoms with Gasteiger partial charge in [0.05, 0.1) is 15.7 Å². The topological polar surface area (TPSA) is 43.6 Å². The largest absolute Gasteiger partial charge is 0.308 e. The van der Waals surface area contributed by atoms with Crippen LogP contribution in [0.25, 0.3) is 114 Å². The molecule has 12 aromatic rings. The summed E-state index contributed by atoms with van der Waals surface area (Å²) in [7, 11) is 0. The first-order chi connectivity index (χ1) is 27.8. The van der Waals surface area contributed by atoms with Crippen molar-refractivity contribution >= 4 is 85.6 Å². The summed E-state index contributed by atoms with van der Waals surface area (Å²) >= 11 is 1.93. The van der Waals surface area contributed by atoms with Crippen LogP contribution in [0.2, 0.25) is 0 Å². The van der Waals surface area contributed by atoms with Crippen molar-refractivity contribution in [3.63, 3.8) is 0 Å². The molecular formula is C51H30N4S. The van der Waals surface area contributed by atoms with Gasteiger partial charge in [0.1, 0.15) is 0 Å². The third kappa shape index (κ3) is 4.55. The van der Waals surface area contributed by atoms with E-state index in [-0.39, 0.29) is 0 Å². The van der Waals surface area contributed by atoms with E-state index in [1.165, 1.54) is 74.3 Å². The van der Waals surface area contributed by atoms with Gasteiger partial charge in [-0.25, -0.2) is 15.0 Å². The zero-order valence-electron chi connectivity index (χ0n) is 30.0. The summed E-state index contributed by atoms with van der Waals surface area (Å²) in [6.45, 7) is 0. The molecule has 12 rings (SSSR count). The van der Waals surface area contributed by atoms with E-state index in [9.17, 15) is 0 Å². The molecule has 0 amide bonds. The van der Waals surface area contributed by atoms with E-state index >= 15 is 0 Å². The first-order valence-corrected chi connectivity index (χ1v) is 19.7. The average Bonchev–Trinajstić information content (AvgIpc) is 3.85. The van der Waals surface area contributed by atoms with Crippen LogP contribution in [0, 0.1) is 0 Å². The Morgan fingerprint density at radius 1 is 0.321 bits per heavy atom. The highest BCUT2D eigenvalue weighted by molar-refractivity contribution is 7.28. The standard InChI is InChI=1S/C51H30N4S/c1-3-15-31(16-4-1)49-52-50(32-17-5-2-6-18-32)54-51(53-49)33-27-29-34(30-28-33)55-42-26-14-13-25-41(42)43-38-22-10-11-23-39(38)45-44-37-21-9-7-19-35(37)36-20-8-12-24-40(36)47(44)56-48(45)46(43)55/h1-30H. The van der Waals surface area contributed by atoms with Crippen LogP contribution in [0.1, 0.15) is 0 Å². The predicted octanol–water partition coefficient (Wildman–Crippen LogP) is 13.8. The number of nitrogens with zero attached hydrogens (tertiary/aromatic N) is 4. The highest BCUT2D eigenvalue weighted by Gasteiger charge is 2.24. The number of thiophene rings is 1. The molecule has 260 valence electrons. The maximum Gasteiger partial charge on any atom is 0.164 e. The van der Waals surface area contributed by atoms with Crippen molar-refractivity contribution < 1.29 is 0 Å². The number of para-hydroxylation sites is 1. The number of hydrogen-bond donors (Lipinski definition) is 0. The Hall–Kier alpha value is -7.21. The number of hydrogen-bond acceptors (Lipinski definition) is 4. The monoisotopic (exact) mass is 730 g/mol. The molecule has 5 heteroatoms. The van der Waals surface area contributed by atoms with Crippen molar-refractivity contribution in [1.29, 1.82) is 0 Å². The van der Waals surface area contributed by atoms with Gasteiger partial charge in [0, 0.05) is 54.0 Å². The Morgan fingerprint density at radius 2 is 0.732 bits per heavy atom. The smallest absolute Gasteiger partial charge is 0.164 e. The molecule has 3 heterocycles. The fraction of sp³-hybridized carbons (Fsp3) is 0. The summed E-state index contributed by atoms with van der Waals surface area (Å²) in [5.41, 5.74) is 6.34. The second-order valence-electron chi connectivity index (χ2n) is 14.3. The maximum atomic E-state index is 5.01. The van der Waals surface area contributed by atoms with Crippen molar-refractivity contribution in [3.05, 3.63) is 182 Å². The van der Waals surface area contributed by atoms with Gasteiger partial charge in [0.25, 0.3) is 0 Å². The second-order valence-corrected chi connectivity index (χ2v) is 15.3. The van der Waals surface area contributed by atoms with Crippen LogP contribution in [0.5, 0.6) is 0 Å². The molecule has 0 fully saturated rings. The first-order valence-electron chi connectivity index (χ1n) is 18.9. The molecule has 0 radical (unpaired) electrons. The molecule has 0 saturated heterocycles. The Morgan fingerprint density at radius 3 is 1.32 bits per heavy atom. The van der Waals surface area contributed by atoms with Crippen LogP contribution in [0.15, 0.2) is 182 Å². The van der Waals surface area contributed by atoms with Gasteiger partial charge in [-0.15, -0.1) is 11.3 Å². The first kappa shape index (κ1) is 31.2. The molecule has 3 aromatic heterocycles. The van der Waals surface area contributed by atoms with Crippen LogP contribution in [-0.2, 0) is 0 Å². The summed E-state index contributed by atoms with van der Waals surface area (Å²) in [5.74, 6) is 1.95. The Labute approximate surface area is 325 Å². The van der Waals surface area contributed by atoms with Crippen molar-refractivity contribution in [2.24, 2.45) is 0 Å². The minimum absolute atomic E-state index is 0.642. The molecule has 0 aliphatic heterocycles. The molecule has 9 aromatic carbocycles. The molecule has 56 heavy (non-hydrogen) atoms. The highest BCUT2D eigenvalue weighted by atomic mass is 32.1. The number of benzene rings is 9. The molecule has 0 bridgehead atoms. The third-order valence-corrected chi connectivity index (χ3v) is 12.4. The van der Waals surface area contributed by atoms with Crippen LogP contribution in [0.3, 0.4) is 0 Å². The van der Waals surface area contributed by atoms with Gasteiger partial charge < -0.3 is 4.57 Å². The molecular weight excluding hydrogens is 701 g/mol. The zero-order valence-corrected chi connectivity index (χ0v) is 30.8. The predicted molar refractivity (Wildman–Crippen MR) is 236 cm³/mol. The van der Waals surface area contributed by atoms with E-state index in [0.717, 1.165) is 22.4 Å². The lowest BCUT2D eigenvalue weighted by atomic mass is 9.94. The fourth-order valence-corrected chi connectivity index (χ4v) is 10.2. The summed E-state index contributed by atoms with van der Waals surface area (Å²) in [6, 6.07) is 64.7. The summed E-state index contributed by atoms with van der Waals surface area (Å²) in [5, 5.41) is 12.9. The summed E-state index contributed by atoms with van der Waals surface area (Å²) < 4.78 is 5.10. The van der Waals surface area contributed by atoms with E-state index in [2.05, 4.69) is 126 Å². The maximum absolute atomic E-state index is 5.01. The van der Waals surface area contributed by atoms with Crippen molar-refractivity contribution in [3.8, 4) is 39.9 Å². The zero-order chi connectivity index (χ0) is 36.7. The average molecular weight is 731 g/mol. The highest BCUT2D eigenvalue weighted by Crippen LogP contribution is 2.51. The summed E-state index contributed by atoms with van der Waals surface area (Å²) in [6.07, 6.45) is 0. The molecule has 0 spiro atoms. The van der Waals surface area contributed by atoms with E-state index in [0.29, 0.717) is 17.5 Å². The number of aromatic nitrogens is 4. The van der Waals surface area contributed by atoms with Gasteiger partial charge in [-0.05, 0) is 57.3 Å². The quantitative estimate of drug-likeness (QED) is 0.169. The van der Waals surface area contributed by atoms with Gasteiger partial charge in [-0.1, -0.05) is 152 Å². The molecule has 0 atom stereocenters. The van der Waals surface area contributed by atoms with E-state index in [1.807, 2.05) is 72.0 Å². The van der Waals surface area contributed by atoms with E-state index < -0.39 is 0 Å².